The molecule has 0 unspecified atom stereocenters. The maximum atomic E-state index is 12.0. The molecular weight excluding hydrogens is 292 g/mol. The van der Waals surface area contributed by atoms with Crippen LogP contribution in [0.15, 0.2) is 9.62 Å². The summed E-state index contributed by atoms with van der Waals surface area (Å²) in [5, 5.41) is 10.2. The lowest BCUT2D eigenvalue weighted by molar-refractivity contribution is -0.132. The third kappa shape index (κ3) is 3.16. The second kappa shape index (κ2) is 6.06. The second-order valence-corrected chi connectivity index (χ2v) is 7.69. The Balaban J connectivity index is 1.80. The van der Waals surface area contributed by atoms with E-state index in [0.29, 0.717) is 37.1 Å². The molecule has 126 valence electrons. The molecule has 0 aromatic carbocycles. The summed E-state index contributed by atoms with van der Waals surface area (Å²) in [6, 6.07) is 0. The van der Waals surface area contributed by atoms with Gasteiger partial charge in [0.05, 0.1) is 0 Å². The van der Waals surface area contributed by atoms with E-state index in [4.69, 9.17) is 4.52 Å². The van der Waals surface area contributed by atoms with E-state index in [9.17, 15) is 4.79 Å². The minimum atomic E-state index is -0.0668. The Labute approximate surface area is 137 Å². The quantitative estimate of drug-likeness (QED) is 0.836. The Kier molecular flexibility index (Phi) is 4.25. The van der Waals surface area contributed by atoms with Crippen LogP contribution in [0.3, 0.4) is 0 Å². The van der Waals surface area contributed by atoms with Gasteiger partial charge in [0.1, 0.15) is 5.71 Å². The van der Waals surface area contributed by atoms with Crippen molar-refractivity contribution in [2.75, 3.05) is 6.54 Å². The fraction of sp³-hybridized carbons (Fsp3) is 0.765. The second-order valence-electron chi connectivity index (χ2n) is 7.69. The maximum absolute atomic E-state index is 12.0. The molecule has 0 N–H and O–H groups in total. The van der Waals surface area contributed by atoms with Gasteiger partial charge in [0.15, 0.2) is 5.82 Å². The van der Waals surface area contributed by atoms with Crippen molar-refractivity contribution in [1.29, 1.82) is 0 Å². The molecule has 23 heavy (non-hydrogen) atoms. The van der Waals surface area contributed by atoms with Crippen LogP contribution in [0.5, 0.6) is 0 Å². The van der Waals surface area contributed by atoms with Gasteiger partial charge in [0.25, 0.3) is 5.89 Å². The highest BCUT2D eigenvalue weighted by molar-refractivity contribution is 6.00. The Bertz CT molecular complexity index is 614. The summed E-state index contributed by atoms with van der Waals surface area (Å²) in [7, 11) is 0. The van der Waals surface area contributed by atoms with Crippen molar-refractivity contribution in [3.8, 4) is 0 Å². The molecule has 1 fully saturated rings. The molecule has 2 heterocycles. The summed E-state index contributed by atoms with van der Waals surface area (Å²) in [4.78, 5) is 16.6. The van der Waals surface area contributed by atoms with Crippen molar-refractivity contribution in [3.05, 3.63) is 11.7 Å². The average Bonchev–Trinajstić information content (AvgIpc) is 2.88. The van der Waals surface area contributed by atoms with Crippen LogP contribution in [0.2, 0.25) is 0 Å². The molecule has 1 aromatic rings. The zero-order chi connectivity index (χ0) is 16.6. The summed E-state index contributed by atoms with van der Waals surface area (Å²) in [5.41, 5.74) is 0.663. The molecule has 0 saturated heterocycles. The molecule has 0 spiro atoms. The van der Waals surface area contributed by atoms with Crippen LogP contribution in [-0.2, 0) is 10.2 Å². The van der Waals surface area contributed by atoms with Crippen LogP contribution in [0.4, 0.5) is 0 Å². The van der Waals surface area contributed by atoms with Gasteiger partial charge in [-0.3, -0.25) is 4.79 Å². The number of amides is 1. The number of aromatic nitrogens is 2. The van der Waals surface area contributed by atoms with E-state index in [1.807, 2.05) is 0 Å². The minimum Gasteiger partial charge on any atom is -0.333 e. The van der Waals surface area contributed by atoms with Crippen LogP contribution in [0, 0.1) is 11.8 Å². The van der Waals surface area contributed by atoms with Gasteiger partial charge in [-0.2, -0.15) is 10.1 Å². The molecular formula is C17H26N4O2. The molecule has 0 atom stereocenters. The van der Waals surface area contributed by atoms with E-state index in [0.717, 1.165) is 11.5 Å². The minimum absolute atomic E-state index is 0.0667. The number of hydrazone groups is 1. The Morgan fingerprint density at radius 2 is 2.04 bits per heavy atom. The zero-order valence-corrected chi connectivity index (χ0v) is 14.5. The van der Waals surface area contributed by atoms with Crippen molar-refractivity contribution >= 4 is 11.6 Å². The van der Waals surface area contributed by atoms with Gasteiger partial charge < -0.3 is 4.52 Å². The highest BCUT2D eigenvalue weighted by Gasteiger charge is 2.39. The number of carbonyl (C=O) groups excluding carboxylic acids is 1. The molecule has 1 aliphatic heterocycles. The lowest BCUT2D eigenvalue weighted by atomic mass is 9.67. The van der Waals surface area contributed by atoms with E-state index in [2.05, 4.69) is 42.9 Å². The van der Waals surface area contributed by atoms with Crippen molar-refractivity contribution in [2.24, 2.45) is 16.9 Å². The van der Waals surface area contributed by atoms with E-state index < -0.39 is 0 Å². The third-order valence-corrected chi connectivity index (χ3v) is 5.02. The van der Waals surface area contributed by atoms with Crippen LogP contribution < -0.4 is 0 Å². The SMILES string of the molecule is CC(C)CN1N=C(c2nc(C(C)(C)C3CCC3)no2)CCC1=O. The normalized spacial score (nSPS) is 20.0. The monoisotopic (exact) mass is 318 g/mol. The highest BCUT2D eigenvalue weighted by Crippen LogP contribution is 2.42. The molecule has 3 rings (SSSR count). The predicted molar refractivity (Wildman–Crippen MR) is 87.0 cm³/mol. The largest absolute Gasteiger partial charge is 0.333 e. The molecule has 0 bridgehead atoms. The van der Waals surface area contributed by atoms with Crippen molar-refractivity contribution in [1.82, 2.24) is 15.1 Å². The average molecular weight is 318 g/mol. The number of hydrogen-bond acceptors (Lipinski definition) is 5. The van der Waals surface area contributed by atoms with Crippen LogP contribution in [0.1, 0.15) is 71.5 Å². The molecule has 1 aromatic heterocycles. The first kappa shape index (κ1) is 16.1. The molecule has 2 aliphatic rings. The van der Waals surface area contributed by atoms with Crippen molar-refractivity contribution in [2.45, 2.75) is 65.2 Å². The fourth-order valence-electron chi connectivity index (χ4n) is 3.16. The Hall–Kier alpha value is -1.72. The van der Waals surface area contributed by atoms with Crippen LogP contribution in [-0.4, -0.2) is 33.3 Å². The van der Waals surface area contributed by atoms with Crippen LogP contribution >= 0.6 is 0 Å². The van der Waals surface area contributed by atoms with E-state index >= 15 is 0 Å². The Morgan fingerprint density at radius 3 is 2.65 bits per heavy atom. The van der Waals surface area contributed by atoms with E-state index in [-0.39, 0.29) is 11.3 Å². The van der Waals surface area contributed by atoms with E-state index in [1.165, 1.54) is 19.3 Å². The topological polar surface area (TPSA) is 71.6 Å². The summed E-state index contributed by atoms with van der Waals surface area (Å²) < 4.78 is 5.47. The Morgan fingerprint density at radius 1 is 1.30 bits per heavy atom. The molecule has 1 saturated carbocycles. The summed E-state index contributed by atoms with van der Waals surface area (Å²) in [6.07, 6.45) is 4.77. The van der Waals surface area contributed by atoms with Gasteiger partial charge >= 0.3 is 0 Å². The van der Waals surface area contributed by atoms with Gasteiger partial charge in [-0.05, 0) is 24.7 Å². The van der Waals surface area contributed by atoms with Gasteiger partial charge in [-0.25, -0.2) is 5.01 Å². The first-order valence-electron chi connectivity index (χ1n) is 8.60. The number of nitrogens with zero attached hydrogens (tertiary/aromatic N) is 4. The summed E-state index contributed by atoms with van der Waals surface area (Å²) >= 11 is 0. The van der Waals surface area contributed by atoms with Crippen LogP contribution in [0.25, 0.3) is 0 Å². The van der Waals surface area contributed by atoms with Gasteiger partial charge in [-0.15, -0.1) is 0 Å². The predicted octanol–water partition coefficient (Wildman–Crippen LogP) is 3.13. The summed E-state index contributed by atoms with van der Waals surface area (Å²) in [5.74, 6) is 2.29. The van der Waals surface area contributed by atoms with Gasteiger partial charge in [-0.1, -0.05) is 39.3 Å². The molecule has 6 nitrogen and oxygen atoms in total. The fourth-order valence-corrected chi connectivity index (χ4v) is 3.16. The first-order chi connectivity index (χ1) is 10.9. The smallest absolute Gasteiger partial charge is 0.274 e. The molecule has 1 aliphatic carbocycles. The maximum Gasteiger partial charge on any atom is 0.274 e. The van der Waals surface area contributed by atoms with Gasteiger partial charge in [0, 0.05) is 24.8 Å². The molecule has 0 radical (unpaired) electrons. The van der Waals surface area contributed by atoms with Gasteiger partial charge in [0.2, 0.25) is 5.91 Å². The molecule has 1 amide bonds. The number of hydrogen-bond donors (Lipinski definition) is 0. The van der Waals surface area contributed by atoms with Crippen molar-refractivity contribution < 1.29 is 9.32 Å². The number of rotatable bonds is 5. The third-order valence-electron chi connectivity index (χ3n) is 5.02. The number of carbonyl (C=O) groups is 1. The summed E-state index contributed by atoms with van der Waals surface area (Å²) in [6.45, 7) is 9.13. The first-order valence-corrected chi connectivity index (χ1v) is 8.60. The van der Waals surface area contributed by atoms with Crippen molar-refractivity contribution in [3.63, 3.8) is 0 Å². The lowest BCUT2D eigenvalue weighted by Gasteiger charge is -2.37. The lowest BCUT2D eigenvalue weighted by Crippen LogP contribution is -2.35. The van der Waals surface area contributed by atoms with E-state index in [1.54, 1.807) is 5.01 Å². The molecule has 6 heteroatoms. The standard InChI is InChI=1S/C17H26N4O2/c1-11(2)10-21-14(22)9-8-13(19-21)15-18-16(20-23-15)17(3,4)12-6-5-7-12/h11-12H,5-10H2,1-4H3. The zero-order valence-electron chi connectivity index (χ0n) is 14.5. The highest BCUT2D eigenvalue weighted by atomic mass is 16.5.